The van der Waals surface area contributed by atoms with Crippen molar-refractivity contribution in [2.75, 3.05) is 6.61 Å². The van der Waals surface area contributed by atoms with Gasteiger partial charge in [-0.25, -0.2) is 0 Å². The van der Waals surface area contributed by atoms with Crippen molar-refractivity contribution in [3.8, 4) is 0 Å². The van der Waals surface area contributed by atoms with E-state index in [9.17, 15) is 0 Å². The van der Waals surface area contributed by atoms with Gasteiger partial charge < -0.3 is 5.11 Å². The Morgan fingerprint density at radius 1 is 1.23 bits per heavy atom. The molecule has 0 saturated heterocycles. The molecule has 1 rings (SSSR count). The molecular weight excluding hydrogens is 160 g/mol. The Bertz CT molecular complexity index is 164. The Hall–Kier alpha value is -0.300. The van der Waals surface area contributed by atoms with E-state index in [-0.39, 0.29) is 5.41 Å². The lowest BCUT2D eigenvalue weighted by Gasteiger charge is -2.33. The van der Waals surface area contributed by atoms with Crippen LogP contribution in [0.4, 0.5) is 0 Å². The number of allylic oxidation sites excluding steroid dienone is 1. The highest BCUT2D eigenvalue weighted by molar-refractivity contribution is 5.08. The average Bonchev–Trinajstić information content (AvgIpc) is 2.31. The average molecular weight is 182 g/mol. The van der Waals surface area contributed by atoms with Crippen LogP contribution in [0.2, 0.25) is 0 Å². The van der Waals surface area contributed by atoms with Crippen LogP contribution in [0.25, 0.3) is 0 Å². The van der Waals surface area contributed by atoms with E-state index in [0.717, 1.165) is 6.42 Å². The summed E-state index contributed by atoms with van der Waals surface area (Å²) >= 11 is 0. The predicted octanol–water partition coefficient (Wildman–Crippen LogP) is 3.29. The molecule has 0 aliphatic heterocycles. The van der Waals surface area contributed by atoms with Gasteiger partial charge in [-0.3, -0.25) is 0 Å². The summed E-state index contributed by atoms with van der Waals surface area (Å²) in [6.45, 7) is 6.54. The Morgan fingerprint density at radius 3 is 2.15 bits per heavy atom. The Balaban J connectivity index is 2.67. The van der Waals surface area contributed by atoms with Crippen molar-refractivity contribution in [2.45, 2.75) is 51.9 Å². The summed E-state index contributed by atoms with van der Waals surface area (Å²) in [4.78, 5) is 0. The first kappa shape index (κ1) is 10.8. The molecule has 0 bridgehead atoms. The third-order valence-corrected chi connectivity index (χ3v) is 3.56. The SMILES string of the molecule is C=C(C)C1(CCO)CCCCCC1. The van der Waals surface area contributed by atoms with Gasteiger partial charge in [0.2, 0.25) is 0 Å². The zero-order valence-corrected chi connectivity index (χ0v) is 8.81. The number of aliphatic hydroxyl groups excluding tert-OH is 1. The standard InChI is InChI=1S/C12H22O/c1-11(2)12(9-10-13)7-5-3-4-6-8-12/h13H,1,3-10H2,2H3. The van der Waals surface area contributed by atoms with Crippen LogP contribution in [-0.2, 0) is 0 Å². The van der Waals surface area contributed by atoms with E-state index in [0.29, 0.717) is 6.61 Å². The third-order valence-electron chi connectivity index (χ3n) is 3.56. The molecule has 0 heterocycles. The molecule has 0 aromatic rings. The fourth-order valence-electron chi connectivity index (χ4n) is 2.51. The van der Waals surface area contributed by atoms with Crippen LogP contribution in [0.1, 0.15) is 51.9 Å². The fraction of sp³-hybridized carbons (Fsp3) is 0.833. The Kier molecular flexibility index (Phi) is 3.98. The Labute approximate surface area is 81.9 Å². The highest BCUT2D eigenvalue weighted by atomic mass is 16.3. The summed E-state index contributed by atoms with van der Waals surface area (Å²) in [6, 6.07) is 0. The zero-order valence-electron chi connectivity index (χ0n) is 8.81. The van der Waals surface area contributed by atoms with E-state index in [2.05, 4.69) is 13.5 Å². The van der Waals surface area contributed by atoms with E-state index >= 15 is 0 Å². The molecule has 0 radical (unpaired) electrons. The molecule has 1 nitrogen and oxygen atoms in total. The van der Waals surface area contributed by atoms with Gasteiger partial charge in [-0.05, 0) is 31.6 Å². The molecule has 0 aromatic heterocycles. The fourth-order valence-corrected chi connectivity index (χ4v) is 2.51. The molecule has 1 heteroatoms. The molecule has 0 amide bonds. The van der Waals surface area contributed by atoms with Crippen molar-refractivity contribution in [1.29, 1.82) is 0 Å². The molecule has 1 saturated carbocycles. The summed E-state index contributed by atoms with van der Waals surface area (Å²) in [7, 11) is 0. The maximum Gasteiger partial charge on any atom is 0.0439 e. The molecule has 1 aliphatic rings. The minimum atomic E-state index is 0.269. The maximum atomic E-state index is 9.08. The first-order valence-corrected chi connectivity index (χ1v) is 5.48. The molecule has 13 heavy (non-hydrogen) atoms. The van der Waals surface area contributed by atoms with Crippen molar-refractivity contribution >= 4 is 0 Å². The van der Waals surface area contributed by atoms with Crippen LogP contribution in [0.15, 0.2) is 12.2 Å². The van der Waals surface area contributed by atoms with Gasteiger partial charge in [0.25, 0.3) is 0 Å². The summed E-state index contributed by atoms with van der Waals surface area (Å²) in [5.74, 6) is 0. The third kappa shape index (κ3) is 2.57. The molecular formula is C12H22O. The van der Waals surface area contributed by atoms with E-state index in [4.69, 9.17) is 5.11 Å². The number of hydrogen-bond donors (Lipinski definition) is 1. The van der Waals surface area contributed by atoms with E-state index < -0.39 is 0 Å². The smallest absolute Gasteiger partial charge is 0.0439 e. The van der Waals surface area contributed by atoms with Crippen LogP contribution in [0.5, 0.6) is 0 Å². The van der Waals surface area contributed by atoms with Gasteiger partial charge in [0, 0.05) is 6.61 Å². The minimum Gasteiger partial charge on any atom is -0.396 e. The largest absolute Gasteiger partial charge is 0.396 e. The topological polar surface area (TPSA) is 20.2 Å². The van der Waals surface area contributed by atoms with Crippen molar-refractivity contribution in [2.24, 2.45) is 5.41 Å². The van der Waals surface area contributed by atoms with Gasteiger partial charge in [0.05, 0.1) is 0 Å². The lowest BCUT2D eigenvalue weighted by atomic mass is 9.73. The predicted molar refractivity (Wildman–Crippen MR) is 56.7 cm³/mol. The van der Waals surface area contributed by atoms with Crippen molar-refractivity contribution in [3.63, 3.8) is 0 Å². The van der Waals surface area contributed by atoms with Gasteiger partial charge in [0.15, 0.2) is 0 Å². The highest BCUT2D eigenvalue weighted by Gasteiger charge is 2.30. The first-order chi connectivity index (χ1) is 6.21. The van der Waals surface area contributed by atoms with Crippen LogP contribution in [0, 0.1) is 5.41 Å². The molecule has 1 aliphatic carbocycles. The summed E-state index contributed by atoms with van der Waals surface area (Å²) < 4.78 is 0. The van der Waals surface area contributed by atoms with Crippen LogP contribution in [0.3, 0.4) is 0 Å². The molecule has 1 N–H and O–H groups in total. The Morgan fingerprint density at radius 2 is 1.77 bits per heavy atom. The quantitative estimate of drug-likeness (QED) is 0.524. The van der Waals surface area contributed by atoms with Gasteiger partial charge in [-0.2, -0.15) is 0 Å². The van der Waals surface area contributed by atoms with Gasteiger partial charge in [0.1, 0.15) is 0 Å². The van der Waals surface area contributed by atoms with Gasteiger partial charge in [-0.1, -0.05) is 37.8 Å². The molecule has 76 valence electrons. The van der Waals surface area contributed by atoms with Crippen molar-refractivity contribution < 1.29 is 5.11 Å². The lowest BCUT2D eigenvalue weighted by Crippen LogP contribution is -2.22. The second-order valence-electron chi connectivity index (χ2n) is 4.45. The van der Waals surface area contributed by atoms with Gasteiger partial charge in [-0.15, -0.1) is 0 Å². The van der Waals surface area contributed by atoms with E-state index in [1.54, 1.807) is 0 Å². The molecule has 0 aromatic carbocycles. The summed E-state index contributed by atoms with van der Waals surface area (Å²) in [6.07, 6.45) is 8.74. The lowest BCUT2D eigenvalue weighted by molar-refractivity contribution is 0.192. The molecule has 0 spiro atoms. The molecule has 0 unspecified atom stereocenters. The zero-order chi connectivity index (χ0) is 9.73. The first-order valence-electron chi connectivity index (χ1n) is 5.48. The van der Waals surface area contributed by atoms with Crippen LogP contribution >= 0.6 is 0 Å². The number of rotatable bonds is 3. The van der Waals surface area contributed by atoms with Crippen molar-refractivity contribution in [1.82, 2.24) is 0 Å². The maximum absolute atomic E-state index is 9.08. The minimum absolute atomic E-state index is 0.269. The van der Waals surface area contributed by atoms with Gasteiger partial charge >= 0.3 is 0 Å². The van der Waals surface area contributed by atoms with Crippen LogP contribution < -0.4 is 0 Å². The molecule has 1 fully saturated rings. The highest BCUT2D eigenvalue weighted by Crippen LogP contribution is 2.43. The number of hydrogen-bond acceptors (Lipinski definition) is 1. The monoisotopic (exact) mass is 182 g/mol. The van der Waals surface area contributed by atoms with E-state index in [1.807, 2.05) is 0 Å². The normalized spacial score (nSPS) is 22.3. The second kappa shape index (κ2) is 4.80. The van der Waals surface area contributed by atoms with Crippen LogP contribution in [-0.4, -0.2) is 11.7 Å². The number of aliphatic hydroxyl groups is 1. The second-order valence-corrected chi connectivity index (χ2v) is 4.45. The van der Waals surface area contributed by atoms with E-state index in [1.165, 1.54) is 44.1 Å². The summed E-state index contributed by atoms with van der Waals surface area (Å²) in [5.41, 5.74) is 1.55. The summed E-state index contributed by atoms with van der Waals surface area (Å²) in [5, 5.41) is 9.08. The molecule has 0 atom stereocenters. The van der Waals surface area contributed by atoms with Crippen molar-refractivity contribution in [3.05, 3.63) is 12.2 Å².